The van der Waals surface area contributed by atoms with Gasteiger partial charge in [0.05, 0.1) is 11.2 Å². The van der Waals surface area contributed by atoms with E-state index in [2.05, 4.69) is 25.3 Å². The molecule has 0 spiro atoms. The average Bonchev–Trinajstić information content (AvgIpc) is 3.14. The molecule has 1 aliphatic heterocycles. The molecule has 1 saturated carbocycles. The van der Waals surface area contributed by atoms with Crippen LogP contribution in [0.1, 0.15) is 65.1 Å². The molecule has 2 aliphatic rings. The molecular formula is C24H37F2N5O2S. The van der Waals surface area contributed by atoms with Crippen LogP contribution in [-0.4, -0.2) is 54.4 Å². The lowest BCUT2D eigenvalue weighted by molar-refractivity contribution is -0.0473. The van der Waals surface area contributed by atoms with Crippen molar-refractivity contribution in [2.75, 3.05) is 24.4 Å². The first kappa shape index (κ1) is 25.3. The van der Waals surface area contributed by atoms with Gasteiger partial charge in [-0.25, -0.2) is 13.8 Å². The summed E-state index contributed by atoms with van der Waals surface area (Å²) in [6.45, 7) is 7.60. The summed E-state index contributed by atoms with van der Waals surface area (Å²) in [6.07, 6.45) is 2.06. The first-order chi connectivity index (χ1) is 15.8. The Morgan fingerprint density at radius 2 is 1.76 bits per heavy atom. The SMILES string of the molecule is CN(c1cccc2c1nc(C(C)(C)C)n2CC1CCC(F)(F)CC1)S(=O)(=O)N1CCC(N)CC1. The highest BCUT2D eigenvalue weighted by molar-refractivity contribution is 7.90. The molecule has 2 aromatic rings. The van der Waals surface area contributed by atoms with Crippen LogP contribution in [0, 0.1) is 5.92 Å². The summed E-state index contributed by atoms with van der Waals surface area (Å²) >= 11 is 0. The normalized spacial score (nSPS) is 21.3. The number of para-hydroxylation sites is 1. The number of imidazole rings is 1. The summed E-state index contributed by atoms with van der Waals surface area (Å²) in [7, 11) is -2.16. The summed E-state index contributed by atoms with van der Waals surface area (Å²) in [5, 5.41) is 0. The van der Waals surface area contributed by atoms with Crippen LogP contribution in [0.25, 0.3) is 11.0 Å². The molecule has 0 bridgehead atoms. The number of nitrogens with zero attached hydrogens (tertiary/aromatic N) is 4. The fourth-order valence-electron chi connectivity index (χ4n) is 5.09. The van der Waals surface area contributed by atoms with Crippen LogP contribution in [0.4, 0.5) is 14.5 Å². The fourth-order valence-corrected chi connectivity index (χ4v) is 6.50. The van der Waals surface area contributed by atoms with Gasteiger partial charge >= 0.3 is 10.2 Å². The monoisotopic (exact) mass is 497 g/mol. The Bertz CT molecular complexity index is 1120. The van der Waals surface area contributed by atoms with Gasteiger partial charge < -0.3 is 10.3 Å². The molecule has 190 valence electrons. The second kappa shape index (κ2) is 9.02. The summed E-state index contributed by atoms with van der Waals surface area (Å²) in [6, 6.07) is 5.60. The molecule has 1 aromatic carbocycles. The van der Waals surface area contributed by atoms with Crippen molar-refractivity contribution in [1.29, 1.82) is 0 Å². The summed E-state index contributed by atoms with van der Waals surface area (Å²) < 4.78 is 59.2. The first-order valence-corrected chi connectivity index (χ1v) is 13.6. The molecule has 10 heteroatoms. The first-order valence-electron chi connectivity index (χ1n) is 12.2. The largest absolute Gasteiger partial charge is 0.328 e. The Morgan fingerprint density at radius 1 is 1.15 bits per heavy atom. The Morgan fingerprint density at radius 3 is 2.35 bits per heavy atom. The van der Waals surface area contributed by atoms with Crippen molar-refractivity contribution in [3.05, 3.63) is 24.0 Å². The number of alkyl halides is 2. The lowest BCUT2D eigenvalue weighted by Gasteiger charge is -2.33. The van der Waals surface area contributed by atoms with Crippen LogP contribution < -0.4 is 10.0 Å². The molecule has 2 fully saturated rings. The van der Waals surface area contributed by atoms with Gasteiger partial charge in [-0.15, -0.1) is 0 Å². The van der Waals surface area contributed by atoms with E-state index in [0.29, 0.717) is 56.5 Å². The Balaban J connectivity index is 1.71. The topological polar surface area (TPSA) is 84.5 Å². The number of nitrogens with two attached hydrogens (primary N) is 1. The summed E-state index contributed by atoms with van der Waals surface area (Å²) in [4.78, 5) is 4.94. The van der Waals surface area contributed by atoms with E-state index in [1.54, 1.807) is 13.1 Å². The number of benzene rings is 1. The molecule has 0 atom stereocenters. The zero-order valence-corrected chi connectivity index (χ0v) is 21.4. The van der Waals surface area contributed by atoms with Crippen molar-refractivity contribution in [3.63, 3.8) is 0 Å². The van der Waals surface area contributed by atoms with Crippen LogP contribution in [0.3, 0.4) is 0 Å². The maximum Gasteiger partial charge on any atom is 0.303 e. The molecule has 7 nitrogen and oxygen atoms in total. The van der Waals surface area contributed by atoms with Crippen molar-refractivity contribution in [1.82, 2.24) is 13.9 Å². The number of rotatable bonds is 5. The molecule has 0 unspecified atom stereocenters. The second-order valence-electron chi connectivity index (χ2n) is 11.0. The number of piperidine rings is 1. The molecule has 1 saturated heterocycles. The molecule has 2 heterocycles. The van der Waals surface area contributed by atoms with Crippen molar-refractivity contribution in [2.45, 2.75) is 83.2 Å². The van der Waals surface area contributed by atoms with Crippen LogP contribution in [0.15, 0.2) is 18.2 Å². The minimum atomic E-state index is -3.73. The van der Waals surface area contributed by atoms with Gasteiger partial charge in [-0.2, -0.15) is 12.7 Å². The zero-order chi connectivity index (χ0) is 24.9. The average molecular weight is 498 g/mol. The number of aromatic nitrogens is 2. The molecule has 1 aliphatic carbocycles. The number of hydrogen-bond acceptors (Lipinski definition) is 4. The lowest BCUT2D eigenvalue weighted by atomic mass is 9.86. The predicted molar refractivity (Wildman–Crippen MR) is 131 cm³/mol. The minimum absolute atomic E-state index is 0.0324. The van der Waals surface area contributed by atoms with Crippen LogP contribution in [0.2, 0.25) is 0 Å². The maximum atomic E-state index is 13.7. The van der Waals surface area contributed by atoms with E-state index in [-0.39, 0.29) is 30.2 Å². The van der Waals surface area contributed by atoms with E-state index in [0.717, 1.165) is 11.3 Å². The van der Waals surface area contributed by atoms with Gasteiger partial charge in [0.2, 0.25) is 5.92 Å². The van der Waals surface area contributed by atoms with Crippen LogP contribution in [-0.2, 0) is 22.2 Å². The Kier molecular flexibility index (Phi) is 6.72. The minimum Gasteiger partial charge on any atom is -0.328 e. The molecule has 0 amide bonds. The molecule has 1 aromatic heterocycles. The maximum absolute atomic E-state index is 13.7. The van der Waals surface area contributed by atoms with Gasteiger partial charge in [-0.3, -0.25) is 4.31 Å². The van der Waals surface area contributed by atoms with Gasteiger partial charge in [0.1, 0.15) is 11.3 Å². The Labute approximate surface area is 201 Å². The molecule has 0 radical (unpaired) electrons. The number of anilines is 1. The third kappa shape index (κ3) is 4.95. The lowest BCUT2D eigenvalue weighted by Crippen LogP contribution is -2.48. The highest BCUT2D eigenvalue weighted by Gasteiger charge is 2.36. The smallest absolute Gasteiger partial charge is 0.303 e. The van der Waals surface area contributed by atoms with Gasteiger partial charge in [-0.05, 0) is 43.7 Å². The summed E-state index contributed by atoms with van der Waals surface area (Å²) in [5.41, 5.74) is 7.64. The van der Waals surface area contributed by atoms with Gasteiger partial charge in [0, 0.05) is 51.0 Å². The van der Waals surface area contributed by atoms with E-state index in [4.69, 9.17) is 10.7 Å². The second-order valence-corrected chi connectivity index (χ2v) is 12.9. The molecule has 4 rings (SSSR count). The number of fused-ring (bicyclic) bond motifs is 1. The van der Waals surface area contributed by atoms with Gasteiger partial charge in [0.25, 0.3) is 0 Å². The quantitative estimate of drug-likeness (QED) is 0.669. The number of hydrogen-bond donors (Lipinski definition) is 1. The van der Waals surface area contributed by atoms with Crippen molar-refractivity contribution in [2.24, 2.45) is 11.7 Å². The van der Waals surface area contributed by atoms with Crippen molar-refractivity contribution >= 4 is 26.9 Å². The van der Waals surface area contributed by atoms with Crippen molar-refractivity contribution < 1.29 is 17.2 Å². The van der Waals surface area contributed by atoms with Crippen LogP contribution in [0.5, 0.6) is 0 Å². The fraction of sp³-hybridized carbons (Fsp3) is 0.708. The van der Waals surface area contributed by atoms with Crippen LogP contribution >= 0.6 is 0 Å². The van der Waals surface area contributed by atoms with E-state index in [1.165, 1.54) is 8.61 Å². The third-order valence-corrected chi connectivity index (χ3v) is 9.12. The highest BCUT2D eigenvalue weighted by atomic mass is 32.2. The van der Waals surface area contributed by atoms with E-state index in [1.807, 2.05) is 12.1 Å². The standard InChI is InChI=1S/C24H37F2N5O2S/c1-23(2,3)22-28-21-19(29(4)34(32,33)30-14-10-18(27)11-15-30)6-5-7-20(21)31(22)16-17-8-12-24(25,26)13-9-17/h5-7,17-18H,8-16,27H2,1-4H3. The summed E-state index contributed by atoms with van der Waals surface area (Å²) in [5.74, 6) is -1.59. The molecule has 2 N–H and O–H groups in total. The van der Waals surface area contributed by atoms with E-state index < -0.39 is 16.1 Å². The predicted octanol–water partition coefficient (Wildman–Crippen LogP) is 4.26. The van der Waals surface area contributed by atoms with Gasteiger partial charge in [-0.1, -0.05) is 26.8 Å². The number of halogens is 2. The molecular weight excluding hydrogens is 460 g/mol. The highest BCUT2D eigenvalue weighted by Crippen LogP contribution is 2.39. The zero-order valence-electron chi connectivity index (χ0n) is 20.6. The Hall–Kier alpha value is -1.78. The van der Waals surface area contributed by atoms with E-state index in [9.17, 15) is 17.2 Å². The third-order valence-electron chi connectivity index (χ3n) is 7.22. The molecule has 34 heavy (non-hydrogen) atoms. The van der Waals surface area contributed by atoms with Gasteiger partial charge in [0.15, 0.2) is 0 Å². The van der Waals surface area contributed by atoms with Crippen molar-refractivity contribution in [3.8, 4) is 0 Å². The van der Waals surface area contributed by atoms with E-state index >= 15 is 0 Å².